The molecule has 0 saturated carbocycles. The van der Waals surface area contributed by atoms with E-state index in [1.54, 1.807) is 18.2 Å². The van der Waals surface area contributed by atoms with Gasteiger partial charge in [0.15, 0.2) is 0 Å². The lowest BCUT2D eigenvalue weighted by atomic mass is 9.69. The number of ether oxygens (including phenoxy) is 1. The molecule has 2 N–H and O–H groups in total. The molecule has 1 amide bonds. The number of amides is 1. The van der Waals surface area contributed by atoms with Gasteiger partial charge in [0, 0.05) is 35.9 Å². The van der Waals surface area contributed by atoms with Crippen LogP contribution < -0.4 is 4.74 Å². The Balaban J connectivity index is 1.69. The summed E-state index contributed by atoms with van der Waals surface area (Å²) >= 11 is 6.78. The summed E-state index contributed by atoms with van der Waals surface area (Å²) in [6.45, 7) is 6.03. The first-order valence-corrected chi connectivity index (χ1v) is 12.1. The highest BCUT2D eigenvalue weighted by Crippen LogP contribution is 2.45. The molecular weight excluding hydrogens is 509 g/mol. The van der Waals surface area contributed by atoms with Gasteiger partial charge in [-0.25, -0.2) is 9.78 Å². The first kappa shape index (κ1) is 27.0. The quantitative estimate of drug-likeness (QED) is 0.385. The molecule has 3 atom stereocenters. The van der Waals surface area contributed by atoms with Crippen LogP contribution in [-0.4, -0.2) is 45.9 Å². The van der Waals surface area contributed by atoms with Gasteiger partial charge in [0.05, 0.1) is 29.3 Å². The second-order valence-corrected chi connectivity index (χ2v) is 10.8. The molecule has 10 heteroatoms. The summed E-state index contributed by atoms with van der Waals surface area (Å²) in [7, 11) is 1.44. The number of rotatable bonds is 5. The maximum absolute atomic E-state index is 12.9. The van der Waals surface area contributed by atoms with Crippen LogP contribution in [0.3, 0.4) is 0 Å². The van der Waals surface area contributed by atoms with Crippen molar-refractivity contribution in [2.45, 2.75) is 45.5 Å². The Morgan fingerprint density at radius 2 is 1.84 bits per heavy atom. The van der Waals surface area contributed by atoms with Crippen molar-refractivity contribution in [2.75, 3.05) is 13.7 Å². The Morgan fingerprint density at radius 3 is 2.38 bits per heavy atom. The fourth-order valence-corrected chi connectivity index (χ4v) is 5.44. The molecule has 6 nitrogen and oxygen atoms in total. The van der Waals surface area contributed by atoms with Crippen molar-refractivity contribution in [3.8, 4) is 5.88 Å². The third kappa shape index (κ3) is 5.20. The van der Waals surface area contributed by atoms with E-state index in [9.17, 15) is 28.2 Å². The number of hydrogen-bond donors (Lipinski definition) is 2. The molecule has 1 aliphatic rings. The summed E-state index contributed by atoms with van der Waals surface area (Å²) in [4.78, 5) is 17.5. The summed E-state index contributed by atoms with van der Waals surface area (Å²) in [6, 6.07) is 9.62. The van der Waals surface area contributed by atoms with Gasteiger partial charge in [0.1, 0.15) is 0 Å². The number of aliphatic hydroxyl groups is 1. The van der Waals surface area contributed by atoms with Crippen molar-refractivity contribution < 1.29 is 32.9 Å². The maximum Gasteiger partial charge on any atom is 0.416 e. The Labute approximate surface area is 217 Å². The molecule has 1 saturated heterocycles. The second-order valence-electron chi connectivity index (χ2n) is 10.4. The van der Waals surface area contributed by atoms with Gasteiger partial charge in [0.25, 0.3) is 0 Å². The second kappa shape index (κ2) is 9.68. The highest BCUT2D eigenvalue weighted by atomic mass is 35.5. The van der Waals surface area contributed by atoms with Crippen molar-refractivity contribution in [3.05, 3.63) is 69.7 Å². The summed E-state index contributed by atoms with van der Waals surface area (Å²) in [5.74, 6) is -0.0419. The molecule has 2 aromatic carbocycles. The van der Waals surface area contributed by atoms with Crippen molar-refractivity contribution >= 4 is 28.6 Å². The van der Waals surface area contributed by atoms with Crippen LogP contribution >= 0.6 is 11.6 Å². The summed E-state index contributed by atoms with van der Waals surface area (Å²) in [5, 5.41) is 21.6. The van der Waals surface area contributed by atoms with E-state index in [0.717, 1.165) is 12.1 Å². The topological polar surface area (TPSA) is 82.9 Å². The van der Waals surface area contributed by atoms with Gasteiger partial charge < -0.3 is 19.8 Å². The number of halogens is 4. The average Bonchev–Trinajstić information content (AvgIpc) is 2.78. The van der Waals surface area contributed by atoms with Gasteiger partial charge >= 0.3 is 12.3 Å². The van der Waals surface area contributed by atoms with Gasteiger partial charge in [-0.05, 0) is 40.8 Å². The lowest BCUT2D eigenvalue weighted by Gasteiger charge is -2.54. The standard InChI is InChI=1S/C27H28ClF3N2O4/c1-26(2,3)23-19(13-33(23)25(35)36)22(34)15-7-10-20-17(12-15)21(28)18(24(32-20)37-4)11-14-5-8-16(9-6-14)27(29,30)31/h5-10,12,19,22-23,34H,11,13H2,1-4H3,(H,35,36). The Kier molecular flexibility index (Phi) is 7.07. The van der Waals surface area contributed by atoms with Gasteiger partial charge in [0.2, 0.25) is 5.88 Å². The average molecular weight is 537 g/mol. The number of alkyl halides is 3. The summed E-state index contributed by atoms with van der Waals surface area (Å²) in [5.41, 5.74) is 1.10. The Hall–Kier alpha value is -3.04. The molecule has 4 rings (SSSR count). The van der Waals surface area contributed by atoms with Crippen LogP contribution in [0.2, 0.25) is 5.02 Å². The van der Waals surface area contributed by atoms with Gasteiger partial charge in [-0.15, -0.1) is 0 Å². The smallest absolute Gasteiger partial charge is 0.416 e. The first-order chi connectivity index (χ1) is 17.2. The van der Waals surface area contributed by atoms with E-state index in [0.29, 0.717) is 32.6 Å². The SMILES string of the molecule is COc1nc2ccc(C(O)C3CN(C(=O)O)C3C(C)(C)C)cc2c(Cl)c1Cc1ccc(C(F)(F)F)cc1. The van der Waals surface area contributed by atoms with Crippen molar-refractivity contribution in [1.29, 1.82) is 0 Å². The number of likely N-dealkylation sites (tertiary alicyclic amines) is 1. The van der Waals surface area contributed by atoms with E-state index in [1.807, 2.05) is 20.8 Å². The highest BCUT2D eigenvalue weighted by Gasteiger charge is 2.51. The largest absolute Gasteiger partial charge is 0.481 e. The van der Waals surface area contributed by atoms with Crippen LogP contribution in [0.5, 0.6) is 5.88 Å². The van der Waals surface area contributed by atoms with Crippen LogP contribution in [0.4, 0.5) is 18.0 Å². The number of fused-ring (bicyclic) bond motifs is 1. The van der Waals surface area contributed by atoms with E-state index in [2.05, 4.69) is 4.98 Å². The molecule has 0 bridgehead atoms. The number of methoxy groups -OCH3 is 1. The van der Waals surface area contributed by atoms with Gasteiger partial charge in [-0.2, -0.15) is 13.2 Å². The van der Waals surface area contributed by atoms with Crippen LogP contribution in [0.15, 0.2) is 42.5 Å². The highest BCUT2D eigenvalue weighted by molar-refractivity contribution is 6.36. The predicted molar refractivity (Wildman–Crippen MR) is 134 cm³/mol. The summed E-state index contributed by atoms with van der Waals surface area (Å²) < 4.78 is 44.2. The van der Waals surface area contributed by atoms with E-state index < -0.39 is 23.9 Å². The minimum atomic E-state index is -4.43. The number of hydrogen-bond acceptors (Lipinski definition) is 4. The zero-order valence-electron chi connectivity index (χ0n) is 20.8. The van der Waals surface area contributed by atoms with E-state index in [-0.39, 0.29) is 36.2 Å². The summed E-state index contributed by atoms with van der Waals surface area (Å²) in [6.07, 6.45) is -6.18. The lowest BCUT2D eigenvalue weighted by Crippen LogP contribution is -2.64. The number of nitrogens with zero attached hydrogens (tertiary/aromatic N) is 2. The number of benzene rings is 2. The normalized spacial score (nSPS) is 19.0. The fourth-order valence-electron chi connectivity index (χ4n) is 5.14. The molecular formula is C27H28ClF3N2O4. The molecule has 1 fully saturated rings. The lowest BCUT2D eigenvalue weighted by molar-refractivity contribution is -0.137. The van der Waals surface area contributed by atoms with Crippen LogP contribution in [0, 0.1) is 11.3 Å². The molecule has 0 spiro atoms. The number of aliphatic hydroxyl groups excluding tert-OH is 1. The van der Waals surface area contributed by atoms with Gasteiger partial charge in [-0.3, -0.25) is 0 Å². The fraction of sp³-hybridized carbons (Fsp3) is 0.407. The van der Waals surface area contributed by atoms with Crippen LogP contribution in [-0.2, 0) is 12.6 Å². The van der Waals surface area contributed by atoms with Crippen LogP contribution in [0.25, 0.3) is 10.9 Å². The molecule has 198 valence electrons. The van der Waals surface area contributed by atoms with E-state index >= 15 is 0 Å². The zero-order valence-corrected chi connectivity index (χ0v) is 21.6. The monoisotopic (exact) mass is 536 g/mol. The Morgan fingerprint density at radius 1 is 1.19 bits per heavy atom. The number of carboxylic acid groups (broad SMARTS) is 1. The maximum atomic E-state index is 12.9. The van der Waals surface area contributed by atoms with Crippen molar-refractivity contribution in [2.24, 2.45) is 11.3 Å². The molecule has 3 unspecified atom stereocenters. The molecule has 2 heterocycles. The molecule has 1 aliphatic heterocycles. The first-order valence-electron chi connectivity index (χ1n) is 11.7. The van der Waals surface area contributed by atoms with Crippen LogP contribution in [0.1, 0.15) is 49.1 Å². The third-order valence-corrected chi connectivity index (χ3v) is 7.32. The van der Waals surface area contributed by atoms with Gasteiger partial charge in [-0.1, -0.05) is 50.6 Å². The van der Waals surface area contributed by atoms with Crippen molar-refractivity contribution in [1.82, 2.24) is 9.88 Å². The number of pyridine rings is 1. The van der Waals surface area contributed by atoms with E-state index in [4.69, 9.17) is 16.3 Å². The number of carbonyl (C=O) groups is 1. The Bertz CT molecular complexity index is 1320. The van der Waals surface area contributed by atoms with Crippen molar-refractivity contribution in [3.63, 3.8) is 0 Å². The predicted octanol–water partition coefficient (Wildman–Crippen LogP) is 6.56. The minimum absolute atomic E-state index is 0.193. The molecule has 37 heavy (non-hydrogen) atoms. The molecule has 1 aromatic heterocycles. The molecule has 0 aliphatic carbocycles. The number of aromatic nitrogens is 1. The zero-order chi connectivity index (χ0) is 27.3. The van der Waals surface area contributed by atoms with E-state index in [1.165, 1.54) is 24.1 Å². The molecule has 3 aromatic rings. The molecule has 0 radical (unpaired) electrons. The third-order valence-electron chi connectivity index (χ3n) is 6.89. The minimum Gasteiger partial charge on any atom is -0.481 e.